The van der Waals surface area contributed by atoms with Crippen LogP contribution in [0.25, 0.3) is 0 Å². The van der Waals surface area contributed by atoms with E-state index in [-0.39, 0.29) is 0 Å². The molecule has 0 aliphatic heterocycles. The molecule has 0 spiro atoms. The molecule has 19 heavy (non-hydrogen) atoms. The maximum Gasteiger partial charge on any atom is 0.215 e. The van der Waals surface area contributed by atoms with Crippen LogP contribution in [0.5, 0.6) is 0 Å². The van der Waals surface area contributed by atoms with E-state index in [1.54, 1.807) is 0 Å². The van der Waals surface area contributed by atoms with Gasteiger partial charge in [-0.3, -0.25) is 0 Å². The van der Waals surface area contributed by atoms with Crippen LogP contribution in [0, 0.1) is 0 Å². The average Bonchev–Trinajstić information content (AvgIpc) is 2.36. The summed E-state index contributed by atoms with van der Waals surface area (Å²) in [6.45, 7) is 26.4. The van der Waals surface area contributed by atoms with Crippen molar-refractivity contribution in [2.75, 3.05) is 26.2 Å². The van der Waals surface area contributed by atoms with Gasteiger partial charge in [-0.2, -0.15) is 0 Å². The molecule has 2 nitrogen and oxygen atoms in total. The van der Waals surface area contributed by atoms with Crippen LogP contribution in [0.15, 0.2) is 0 Å². The minimum atomic E-state index is -1.69. The fraction of sp³-hybridized carbons (Fsp3) is 1.00. The number of rotatable bonds is 8. The summed E-state index contributed by atoms with van der Waals surface area (Å²) in [7, 11) is -1.69. The Hall–Kier alpha value is 0.137. The predicted molar refractivity (Wildman–Crippen MR) is 91.0 cm³/mol. The third-order valence-corrected chi connectivity index (χ3v) is 12.1. The fourth-order valence-corrected chi connectivity index (χ4v) is 11.7. The van der Waals surface area contributed by atoms with Gasteiger partial charge >= 0.3 is 0 Å². The number of hydrogen-bond acceptors (Lipinski definition) is 2. The second-order valence-corrected chi connectivity index (χ2v) is 11.8. The first kappa shape index (κ1) is 19.1. The van der Waals surface area contributed by atoms with Gasteiger partial charge in [0, 0.05) is 0 Å². The summed E-state index contributed by atoms with van der Waals surface area (Å²) in [5, 5.41) is 0.375. The third kappa shape index (κ3) is 3.42. The van der Waals surface area contributed by atoms with Crippen LogP contribution in [-0.4, -0.2) is 43.7 Å². The molecular weight excluding hydrogens is 248 g/mol. The standard InChI is InChI=1S/C16H38N2Si/c1-10-15(6)19(16(7,8)9,17(11-2)12-3)18(13-4)14-5/h15H,10-14H2,1-9H3. The molecule has 0 saturated heterocycles. The first-order valence-corrected chi connectivity index (χ1v) is 10.2. The molecule has 1 atom stereocenters. The molecule has 0 bridgehead atoms. The van der Waals surface area contributed by atoms with E-state index in [4.69, 9.17) is 0 Å². The molecular formula is C16H38N2Si. The van der Waals surface area contributed by atoms with E-state index in [9.17, 15) is 0 Å². The Balaban J connectivity index is 6.00. The Kier molecular flexibility index (Phi) is 7.85. The fourth-order valence-electron chi connectivity index (χ4n) is 4.21. The Morgan fingerprint density at radius 2 is 1.11 bits per heavy atom. The molecule has 0 heterocycles. The molecule has 0 aliphatic rings. The lowest BCUT2D eigenvalue weighted by molar-refractivity contribution is 0.304. The van der Waals surface area contributed by atoms with Crippen LogP contribution in [-0.2, 0) is 0 Å². The summed E-state index contributed by atoms with van der Waals surface area (Å²) in [6.07, 6.45) is 1.29. The maximum absolute atomic E-state index is 2.83. The Bertz CT molecular complexity index is 228. The Morgan fingerprint density at radius 3 is 1.26 bits per heavy atom. The van der Waals surface area contributed by atoms with Gasteiger partial charge in [-0.05, 0) is 36.8 Å². The highest BCUT2D eigenvalue weighted by molar-refractivity contribution is 6.78. The van der Waals surface area contributed by atoms with Crippen LogP contribution in [0.2, 0.25) is 10.6 Å². The van der Waals surface area contributed by atoms with Crippen molar-refractivity contribution in [2.45, 2.75) is 79.3 Å². The van der Waals surface area contributed by atoms with Gasteiger partial charge in [0.15, 0.2) is 0 Å². The van der Waals surface area contributed by atoms with Gasteiger partial charge in [0.1, 0.15) is 0 Å². The average molecular weight is 287 g/mol. The van der Waals surface area contributed by atoms with Crippen LogP contribution >= 0.6 is 0 Å². The Morgan fingerprint density at radius 1 is 0.789 bits per heavy atom. The summed E-state index contributed by atoms with van der Waals surface area (Å²) < 4.78 is 5.66. The van der Waals surface area contributed by atoms with Crippen molar-refractivity contribution in [1.82, 2.24) is 9.13 Å². The van der Waals surface area contributed by atoms with E-state index in [0.29, 0.717) is 5.04 Å². The van der Waals surface area contributed by atoms with E-state index in [2.05, 4.69) is 71.4 Å². The van der Waals surface area contributed by atoms with Crippen molar-refractivity contribution in [2.24, 2.45) is 0 Å². The zero-order valence-electron chi connectivity index (χ0n) is 15.0. The van der Waals surface area contributed by atoms with Crippen LogP contribution in [0.3, 0.4) is 0 Å². The topological polar surface area (TPSA) is 6.48 Å². The molecule has 0 saturated carbocycles. The van der Waals surface area contributed by atoms with Crippen molar-refractivity contribution in [3.05, 3.63) is 0 Å². The molecule has 1 unspecified atom stereocenters. The maximum atomic E-state index is 2.83. The van der Waals surface area contributed by atoms with Crippen molar-refractivity contribution in [1.29, 1.82) is 0 Å². The molecule has 0 amide bonds. The van der Waals surface area contributed by atoms with E-state index in [0.717, 1.165) is 5.54 Å². The van der Waals surface area contributed by atoms with Crippen molar-refractivity contribution in [3.8, 4) is 0 Å². The molecule has 0 fully saturated rings. The zero-order chi connectivity index (χ0) is 15.3. The lowest BCUT2D eigenvalue weighted by atomic mass is 10.2. The van der Waals surface area contributed by atoms with Gasteiger partial charge in [-0.15, -0.1) is 0 Å². The van der Waals surface area contributed by atoms with E-state index >= 15 is 0 Å². The molecule has 0 N–H and O–H groups in total. The quantitative estimate of drug-likeness (QED) is 0.596. The molecule has 3 heteroatoms. The van der Waals surface area contributed by atoms with Gasteiger partial charge in [-0.25, -0.2) is 0 Å². The summed E-state index contributed by atoms with van der Waals surface area (Å²) in [6, 6.07) is 0. The molecule has 0 rings (SSSR count). The zero-order valence-corrected chi connectivity index (χ0v) is 16.0. The molecule has 0 aromatic heterocycles. The van der Waals surface area contributed by atoms with Crippen molar-refractivity contribution < 1.29 is 0 Å². The summed E-state index contributed by atoms with van der Waals surface area (Å²) in [5.41, 5.74) is 0.798. The van der Waals surface area contributed by atoms with Crippen molar-refractivity contribution in [3.63, 3.8) is 0 Å². The molecule has 0 radical (unpaired) electrons. The summed E-state index contributed by atoms with van der Waals surface area (Å²) in [4.78, 5) is 0. The first-order valence-electron chi connectivity index (χ1n) is 8.27. The number of hydrogen-bond donors (Lipinski definition) is 0. The summed E-state index contributed by atoms with van der Waals surface area (Å²) in [5.74, 6) is 0. The van der Waals surface area contributed by atoms with Gasteiger partial charge in [0.2, 0.25) is 8.40 Å². The lowest BCUT2D eigenvalue weighted by Gasteiger charge is -2.58. The minimum Gasteiger partial charge on any atom is -0.312 e. The van der Waals surface area contributed by atoms with Crippen LogP contribution < -0.4 is 0 Å². The van der Waals surface area contributed by atoms with Crippen LogP contribution in [0.1, 0.15) is 68.7 Å². The third-order valence-electron chi connectivity index (χ3n) is 4.89. The largest absolute Gasteiger partial charge is 0.312 e. The second-order valence-electron chi connectivity index (χ2n) is 6.63. The monoisotopic (exact) mass is 286 g/mol. The Labute approximate surface area is 123 Å². The van der Waals surface area contributed by atoms with Gasteiger partial charge in [0.25, 0.3) is 0 Å². The molecule has 0 aliphatic carbocycles. The normalized spacial score (nSPS) is 15.3. The summed E-state index contributed by atoms with van der Waals surface area (Å²) >= 11 is 0. The molecule has 0 aromatic rings. The van der Waals surface area contributed by atoms with E-state index < -0.39 is 8.40 Å². The number of nitrogens with zero attached hydrogens (tertiary/aromatic N) is 2. The van der Waals surface area contributed by atoms with Crippen molar-refractivity contribution >= 4 is 8.40 Å². The van der Waals surface area contributed by atoms with Crippen LogP contribution in [0.4, 0.5) is 0 Å². The first-order chi connectivity index (χ1) is 8.77. The highest BCUT2D eigenvalue weighted by Gasteiger charge is 2.55. The van der Waals surface area contributed by atoms with E-state index in [1.165, 1.54) is 32.6 Å². The predicted octanol–water partition coefficient (Wildman–Crippen LogP) is 4.71. The highest BCUT2D eigenvalue weighted by Crippen LogP contribution is 2.48. The smallest absolute Gasteiger partial charge is 0.215 e. The lowest BCUT2D eigenvalue weighted by Crippen LogP contribution is -2.72. The van der Waals surface area contributed by atoms with Gasteiger partial charge in [0.05, 0.1) is 0 Å². The van der Waals surface area contributed by atoms with Gasteiger partial charge < -0.3 is 9.13 Å². The molecule has 116 valence electrons. The SMILES string of the molecule is CCC(C)[Si](N(CC)CC)(N(CC)CC)C(C)(C)C. The van der Waals surface area contributed by atoms with Gasteiger partial charge in [-0.1, -0.05) is 68.7 Å². The minimum absolute atomic E-state index is 0.375. The van der Waals surface area contributed by atoms with E-state index in [1.807, 2.05) is 0 Å². The molecule has 0 aromatic carbocycles. The highest BCUT2D eigenvalue weighted by atomic mass is 28.4. The second kappa shape index (κ2) is 7.80.